The third-order valence-electron chi connectivity index (χ3n) is 12.0. The maximum Gasteiger partial charge on any atom is 0.0549 e. The van der Waals surface area contributed by atoms with Crippen molar-refractivity contribution in [3.63, 3.8) is 0 Å². The van der Waals surface area contributed by atoms with E-state index in [1.165, 1.54) is 110 Å². The Morgan fingerprint density at radius 1 is 0.259 bits per heavy atom. The SMILES string of the molecule is Cn1c2ccccc2c2c(-c3c(-n4c5ccccc5c5ccccc54)ccc4c3c3ccccc3n4C)c(-n3c4ccccc4c4ccccc43)ccc21. The minimum atomic E-state index is 1.17. The number of rotatable bonds is 3. The van der Waals surface area contributed by atoms with Crippen molar-refractivity contribution in [2.45, 2.75) is 0 Å². The Hall–Kier alpha value is -7.04. The molecule has 0 atom stereocenters. The molecule has 12 aromatic rings. The van der Waals surface area contributed by atoms with Gasteiger partial charge in [-0.1, -0.05) is 109 Å². The van der Waals surface area contributed by atoms with Crippen molar-refractivity contribution >= 4 is 87.2 Å². The van der Waals surface area contributed by atoms with E-state index in [1.54, 1.807) is 0 Å². The van der Waals surface area contributed by atoms with Crippen molar-refractivity contribution in [3.05, 3.63) is 170 Å². The molecule has 54 heavy (non-hydrogen) atoms. The zero-order chi connectivity index (χ0) is 35.7. The molecule has 0 amide bonds. The molecule has 0 spiro atoms. The summed E-state index contributed by atoms with van der Waals surface area (Å²) in [5, 5.41) is 10.0. The Kier molecular flexibility index (Phi) is 5.88. The van der Waals surface area contributed by atoms with Crippen LogP contribution in [0, 0.1) is 0 Å². The van der Waals surface area contributed by atoms with Crippen LogP contribution in [0.5, 0.6) is 0 Å². The van der Waals surface area contributed by atoms with E-state index in [0.29, 0.717) is 0 Å². The van der Waals surface area contributed by atoms with Crippen LogP contribution in [0.15, 0.2) is 170 Å². The summed E-state index contributed by atoms with van der Waals surface area (Å²) in [6.45, 7) is 0. The molecule has 4 heterocycles. The topological polar surface area (TPSA) is 19.7 Å². The number of fused-ring (bicyclic) bond motifs is 12. The van der Waals surface area contributed by atoms with Crippen LogP contribution in [0.4, 0.5) is 0 Å². The Morgan fingerprint density at radius 2 is 0.537 bits per heavy atom. The standard InChI is InChI=1S/C50H34N4/c1-51-37-21-9-7-19-35(37)47-43(51)27-29-45(53-39-23-11-3-15-31(39)32-16-4-12-24-40(32)53)49(47)50-46(30-28-44-48(50)36-20-8-10-22-38(36)52(44)2)54-41-25-13-5-17-33(41)34-18-6-14-26-42(34)54/h3-30H,1-2H3. The van der Waals surface area contributed by atoms with Crippen molar-refractivity contribution in [2.75, 3.05) is 0 Å². The molecule has 4 nitrogen and oxygen atoms in total. The lowest BCUT2D eigenvalue weighted by Gasteiger charge is -2.21. The largest absolute Gasteiger partial charge is 0.344 e. The molecule has 0 saturated carbocycles. The third-order valence-corrected chi connectivity index (χ3v) is 12.0. The number of hydrogen-bond acceptors (Lipinski definition) is 0. The summed E-state index contributed by atoms with van der Waals surface area (Å²) in [5.74, 6) is 0. The van der Waals surface area contributed by atoms with Gasteiger partial charge in [0.05, 0.1) is 33.4 Å². The number of aryl methyl sites for hydroxylation is 2. The van der Waals surface area contributed by atoms with Crippen molar-refractivity contribution in [3.8, 4) is 22.5 Å². The summed E-state index contributed by atoms with van der Waals surface area (Å²) in [6, 6.07) is 62.7. The second-order valence-electron chi connectivity index (χ2n) is 14.6. The average Bonchev–Trinajstić information content (AvgIpc) is 3.93. The Morgan fingerprint density at radius 3 is 0.870 bits per heavy atom. The molecule has 0 N–H and O–H groups in total. The smallest absolute Gasteiger partial charge is 0.0549 e. The lowest BCUT2D eigenvalue weighted by Crippen LogP contribution is -2.03. The highest BCUT2D eigenvalue weighted by molar-refractivity contribution is 6.26. The lowest BCUT2D eigenvalue weighted by molar-refractivity contribution is 1.01. The van der Waals surface area contributed by atoms with Crippen LogP contribution in [0.1, 0.15) is 0 Å². The van der Waals surface area contributed by atoms with E-state index in [0.717, 1.165) is 0 Å². The van der Waals surface area contributed by atoms with Gasteiger partial charge in [-0.3, -0.25) is 0 Å². The molecule has 0 bridgehead atoms. The van der Waals surface area contributed by atoms with E-state index in [2.05, 4.69) is 202 Å². The Bertz CT molecular complexity index is 3190. The minimum absolute atomic E-state index is 1.17. The molecule has 4 aromatic heterocycles. The first kappa shape index (κ1) is 29.5. The maximum atomic E-state index is 2.51. The number of hydrogen-bond donors (Lipinski definition) is 0. The number of aromatic nitrogens is 4. The molecule has 0 saturated heterocycles. The zero-order valence-electron chi connectivity index (χ0n) is 30.0. The highest BCUT2D eigenvalue weighted by atomic mass is 15.0. The van der Waals surface area contributed by atoms with Gasteiger partial charge >= 0.3 is 0 Å². The Labute approximate surface area is 310 Å². The zero-order valence-corrected chi connectivity index (χ0v) is 30.0. The van der Waals surface area contributed by atoms with Gasteiger partial charge in [0.25, 0.3) is 0 Å². The highest BCUT2D eigenvalue weighted by Gasteiger charge is 2.27. The molecule has 12 rings (SSSR count). The van der Waals surface area contributed by atoms with E-state index in [4.69, 9.17) is 0 Å². The predicted molar refractivity (Wildman–Crippen MR) is 229 cm³/mol. The van der Waals surface area contributed by atoms with Crippen molar-refractivity contribution in [1.29, 1.82) is 0 Å². The van der Waals surface area contributed by atoms with Gasteiger partial charge in [-0.25, -0.2) is 0 Å². The third kappa shape index (κ3) is 3.71. The minimum Gasteiger partial charge on any atom is -0.344 e. The van der Waals surface area contributed by atoms with Gasteiger partial charge in [0, 0.05) is 90.4 Å². The molecule has 4 heteroatoms. The van der Waals surface area contributed by atoms with Gasteiger partial charge < -0.3 is 18.3 Å². The van der Waals surface area contributed by atoms with Gasteiger partial charge in [-0.05, 0) is 60.7 Å². The molecular weight excluding hydrogens is 657 g/mol. The molecule has 0 aliphatic rings. The molecule has 254 valence electrons. The first-order chi connectivity index (χ1) is 26.7. The quantitative estimate of drug-likeness (QED) is 0.176. The fraction of sp³-hybridized carbons (Fsp3) is 0.0400. The molecule has 0 unspecified atom stereocenters. The summed E-state index contributed by atoms with van der Waals surface area (Å²) in [4.78, 5) is 0. The predicted octanol–water partition coefficient (Wildman–Crippen LogP) is 12.8. The van der Waals surface area contributed by atoms with E-state index in [1.807, 2.05) is 0 Å². The monoisotopic (exact) mass is 690 g/mol. The summed E-state index contributed by atoms with van der Waals surface area (Å²) in [5.41, 5.74) is 14.4. The van der Waals surface area contributed by atoms with Gasteiger partial charge in [0.1, 0.15) is 0 Å². The first-order valence-electron chi connectivity index (χ1n) is 18.7. The maximum absolute atomic E-state index is 2.51. The van der Waals surface area contributed by atoms with E-state index in [9.17, 15) is 0 Å². The molecular formula is C50H34N4. The highest BCUT2D eigenvalue weighted by Crippen LogP contribution is 2.50. The first-order valence-corrected chi connectivity index (χ1v) is 18.7. The van der Waals surface area contributed by atoms with Gasteiger partial charge in [0.15, 0.2) is 0 Å². The average molecular weight is 691 g/mol. The van der Waals surface area contributed by atoms with Crippen LogP contribution in [0.2, 0.25) is 0 Å². The fourth-order valence-electron chi connectivity index (χ4n) is 9.72. The molecule has 0 fully saturated rings. The van der Waals surface area contributed by atoms with Crippen LogP contribution in [-0.2, 0) is 14.1 Å². The number of para-hydroxylation sites is 6. The van der Waals surface area contributed by atoms with Crippen LogP contribution < -0.4 is 0 Å². The number of benzene rings is 8. The molecule has 0 aliphatic heterocycles. The second kappa shape index (κ2) is 10.8. The second-order valence-corrected chi connectivity index (χ2v) is 14.6. The van der Waals surface area contributed by atoms with Gasteiger partial charge in [0.2, 0.25) is 0 Å². The molecule has 8 aromatic carbocycles. The van der Waals surface area contributed by atoms with Crippen LogP contribution in [0.25, 0.3) is 110 Å². The van der Waals surface area contributed by atoms with Gasteiger partial charge in [-0.15, -0.1) is 0 Å². The van der Waals surface area contributed by atoms with E-state index >= 15 is 0 Å². The summed E-state index contributed by atoms with van der Waals surface area (Å²) in [7, 11) is 4.42. The van der Waals surface area contributed by atoms with Crippen molar-refractivity contribution < 1.29 is 0 Å². The normalized spacial score (nSPS) is 12.3. The summed E-state index contributed by atoms with van der Waals surface area (Å²) < 4.78 is 9.77. The summed E-state index contributed by atoms with van der Waals surface area (Å²) >= 11 is 0. The molecule has 0 radical (unpaired) electrons. The van der Waals surface area contributed by atoms with E-state index < -0.39 is 0 Å². The lowest BCUT2D eigenvalue weighted by atomic mass is 9.91. The fourth-order valence-corrected chi connectivity index (χ4v) is 9.72. The number of nitrogens with zero attached hydrogens (tertiary/aromatic N) is 4. The van der Waals surface area contributed by atoms with Crippen LogP contribution >= 0.6 is 0 Å². The van der Waals surface area contributed by atoms with Crippen molar-refractivity contribution in [1.82, 2.24) is 18.3 Å². The van der Waals surface area contributed by atoms with Crippen LogP contribution in [-0.4, -0.2) is 18.3 Å². The van der Waals surface area contributed by atoms with Gasteiger partial charge in [-0.2, -0.15) is 0 Å². The van der Waals surface area contributed by atoms with Crippen molar-refractivity contribution in [2.24, 2.45) is 14.1 Å². The molecule has 0 aliphatic carbocycles. The Balaban J connectivity index is 1.39. The van der Waals surface area contributed by atoms with E-state index in [-0.39, 0.29) is 0 Å². The summed E-state index contributed by atoms with van der Waals surface area (Å²) in [6.07, 6.45) is 0. The van der Waals surface area contributed by atoms with Crippen LogP contribution in [0.3, 0.4) is 0 Å².